The molecule has 0 N–H and O–H groups in total. The van der Waals surface area contributed by atoms with Crippen molar-refractivity contribution >= 4 is 11.4 Å². The van der Waals surface area contributed by atoms with Gasteiger partial charge in [0.1, 0.15) is 0 Å². The summed E-state index contributed by atoms with van der Waals surface area (Å²) in [6.07, 6.45) is 6.57. The molecule has 4 rings (SSSR count). The Morgan fingerprint density at radius 1 is 0.793 bits per heavy atom. The van der Waals surface area contributed by atoms with Gasteiger partial charge in [-0.1, -0.05) is 102 Å². The van der Waals surface area contributed by atoms with Gasteiger partial charge in [0.05, 0.1) is 0 Å². The average molecular weight is 379 g/mol. The molecule has 0 saturated carbocycles. The first kappa shape index (κ1) is 19.1. The molecule has 1 unspecified atom stereocenters. The summed E-state index contributed by atoms with van der Waals surface area (Å²) < 4.78 is 0. The Hall–Kier alpha value is -3.19. The normalized spacial score (nSPS) is 15.7. The van der Waals surface area contributed by atoms with Crippen LogP contribution in [-0.4, -0.2) is 5.78 Å². The quantitative estimate of drug-likeness (QED) is 0.425. The van der Waals surface area contributed by atoms with Gasteiger partial charge in [0.2, 0.25) is 0 Å². The highest BCUT2D eigenvalue weighted by atomic mass is 16.1. The van der Waals surface area contributed by atoms with Crippen LogP contribution < -0.4 is 0 Å². The summed E-state index contributed by atoms with van der Waals surface area (Å²) in [4.78, 5) is 11.5. The number of carbonyl (C=O) groups excluding carboxylic acids is 1. The smallest absolute Gasteiger partial charge is 0.159 e. The molecule has 0 bridgehead atoms. The summed E-state index contributed by atoms with van der Waals surface area (Å²) in [7, 11) is 0. The fourth-order valence-corrected chi connectivity index (χ4v) is 4.06. The van der Waals surface area contributed by atoms with E-state index in [2.05, 4.69) is 85.8 Å². The van der Waals surface area contributed by atoms with Gasteiger partial charge in [0.25, 0.3) is 0 Å². The van der Waals surface area contributed by atoms with Crippen molar-refractivity contribution in [3.63, 3.8) is 0 Å². The van der Waals surface area contributed by atoms with Gasteiger partial charge in [0, 0.05) is 11.5 Å². The summed E-state index contributed by atoms with van der Waals surface area (Å²) >= 11 is 0. The van der Waals surface area contributed by atoms with E-state index in [-0.39, 0.29) is 5.78 Å². The number of hydrogen-bond donors (Lipinski definition) is 0. The fourth-order valence-electron chi connectivity index (χ4n) is 4.06. The lowest BCUT2D eigenvalue weighted by atomic mass is 9.82. The lowest BCUT2D eigenvalue weighted by Crippen LogP contribution is -2.04. The molecule has 1 aliphatic rings. The number of allylic oxidation sites excluding steroid dienone is 4. The fraction of sp³-hybridized carbons (Fsp3) is 0.179. The lowest BCUT2D eigenvalue weighted by molar-refractivity contribution is 0.101. The maximum atomic E-state index is 11.5. The molecule has 0 saturated heterocycles. The zero-order chi connectivity index (χ0) is 20.2. The van der Waals surface area contributed by atoms with Gasteiger partial charge < -0.3 is 0 Å². The lowest BCUT2D eigenvalue weighted by Gasteiger charge is -2.21. The van der Waals surface area contributed by atoms with E-state index in [0.717, 1.165) is 18.4 Å². The third-order valence-electron chi connectivity index (χ3n) is 5.74. The van der Waals surface area contributed by atoms with E-state index in [1.54, 1.807) is 6.92 Å². The standard InChI is InChI=1S/C28H26O/c1-20-8-13-25(14-9-20)28-26(18-19-27(28)24-6-4-3-5-7-24)17-12-22-10-15-23(16-11-22)21(2)29/h3-11,13-16,18-19,28H,12,17H2,1-2H3. The second kappa shape index (κ2) is 8.45. The highest BCUT2D eigenvalue weighted by Gasteiger charge is 2.25. The minimum Gasteiger partial charge on any atom is -0.295 e. The summed E-state index contributed by atoms with van der Waals surface area (Å²) in [5, 5.41) is 0. The molecular formula is C28H26O. The average Bonchev–Trinajstić information content (AvgIpc) is 3.17. The molecular weight excluding hydrogens is 352 g/mol. The van der Waals surface area contributed by atoms with Crippen LogP contribution in [0, 0.1) is 6.92 Å². The molecule has 144 valence electrons. The first-order valence-electron chi connectivity index (χ1n) is 10.2. The summed E-state index contributed by atoms with van der Waals surface area (Å²) in [5.41, 5.74) is 8.79. The van der Waals surface area contributed by atoms with Crippen LogP contribution in [0.1, 0.15) is 51.9 Å². The molecule has 0 amide bonds. The van der Waals surface area contributed by atoms with Crippen LogP contribution in [-0.2, 0) is 6.42 Å². The summed E-state index contributed by atoms with van der Waals surface area (Å²) in [5.74, 6) is 0.417. The summed E-state index contributed by atoms with van der Waals surface area (Å²) in [6.45, 7) is 3.75. The third-order valence-corrected chi connectivity index (χ3v) is 5.74. The van der Waals surface area contributed by atoms with Crippen LogP contribution in [0.5, 0.6) is 0 Å². The Kier molecular flexibility index (Phi) is 5.57. The Balaban J connectivity index is 1.57. The van der Waals surface area contributed by atoms with Crippen molar-refractivity contribution < 1.29 is 4.79 Å². The van der Waals surface area contributed by atoms with Crippen LogP contribution in [0.15, 0.2) is 96.6 Å². The number of benzene rings is 3. The molecule has 0 radical (unpaired) electrons. The number of aryl methyl sites for hydroxylation is 2. The van der Waals surface area contributed by atoms with Crippen molar-refractivity contribution in [1.82, 2.24) is 0 Å². The highest BCUT2D eigenvalue weighted by Crippen LogP contribution is 2.43. The molecule has 0 heterocycles. The van der Waals surface area contributed by atoms with Gasteiger partial charge in [-0.05, 0) is 49.0 Å². The van der Waals surface area contributed by atoms with Gasteiger partial charge >= 0.3 is 0 Å². The van der Waals surface area contributed by atoms with Gasteiger partial charge in [-0.3, -0.25) is 4.79 Å². The second-order valence-corrected chi connectivity index (χ2v) is 7.83. The van der Waals surface area contributed by atoms with E-state index in [9.17, 15) is 4.79 Å². The van der Waals surface area contributed by atoms with E-state index in [4.69, 9.17) is 0 Å². The maximum absolute atomic E-state index is 11.5. The number of rotatable bonds is 6. The maximum Gasteiger partial charge on any atom is 0.159 e. The number of ketones is 1. The molecule has 0 fully saturated rings. The number of hydrogen-bond acceptors (Lipinski definition) is 1. The van der Waals surface area contributed by atoms with Crippen LogP contribution in [0.3, 0.4) is 0 Å². The Morgan fingerprint density at radius 3 is 2.14 bits per heavy atom. The molecule has 3 aromatic carbocycles. The van der Waals surface area contributed by atoms with Gasteiger partial charge in [-0.25, -0.2) is 0 Å². The first-order chi connectivity index (χ1) is 14.1. The number of Topliss-reactive ketones (excluding diaryl/α,β-unsaturated/α-hetero) is 1. The van der Waals surface area contributed by atoms with Gasteiger partial charge in [-0.2, -0.15) is 0 Å². The van der Waals surface area contributed by atoms with E-state index in [1.807, 2.05) is 12.1 Å². The molecule has 0 aliphatic heterocycles. The van der Waals surface area contributed by atoms with Gasteiger partial charge in [0.15, 0.2) is 5.78 Å². The van der Waals surface area contributed by atoms with Crippen molar-refractivity contribution in [1.29, 1.82) is 0 Å². The SMILES string of the molecule is CC(=O)c1ccc(CCC2=CC=C(c3ccccc3)C2c2ccc(C)cc2)cc1. The Bertz CT molecular complexity index is 1050. The Labute approximate surface area is 173 Å². The summed E-state index contributed by atoms with van der Waals surface area (Å²) in [6, 6.07) is 27.6. The van der Waals surface area contributed by atoms with Crippen molar-refractivity contribution in [3.8, 4) is 0 Å². The predicted molar refractivity (Wildman–Crippen MR) is 121 cm³/mol. The van der Waals surface area contributed by atoms with Crippen molar-refractivity contribution in [2.45, 2.75) is 32.6 Å². The molecule has 29 heavy (non-hydrogen) atoms. The molecule has 0 spiro atoms. The largest absolute Gasteiger partial charge is 0.295 e. The van der Waals surface area contributed by atoms with E-state index in [0.29, 0.717) is 5.92 Å². The molecule has 1 atom stereocenters. The molecule has 0 aromatic heterocycles. The zero-order valence-electron chi connectivity index (χ0n) is 17.1. The van der Waals surface area contributed by atoms with Gasteiger partial charge in [-0.15, -0.1) is 0 Å². The van der Waals surface area contributed by atoms with Crippen LogP contribution in [0.25, 0.3) is 5.57 Å². The third kappa shape index (κ3) is 4.30. The minimum absolute atomic E-state index is 0.117. The molecule has 1 aliphatic carbocycles. The van der Waals surface area contributed by atoms with Crippen LogP contribution >= 0.6 is 0 Å². The predicted octanol–water partition coefficient (Wildman–Crippen LogP) is 6.94. The van der Waals surface area contributed by atoms with Crippen molar-refractivity contribution in [2.75, 3.05) is 0 Å². The molecule has 1 nitrogen and oxygen atoms in total. The first-order valence-corrected chi connectivity index (χ1v) is 10.2. The van der Waals surface area contributed by atoms with Crippen molar-refractivity contribution in [2.24, 2.45) is 0 Å². The van der Waals surface area contributed by atoms with Crippen molar-refractivity contribution in [3.05, 3.63) is 124 Å². The molecule has 1 heteroatoms. The minimum atomic E-state index is 0.117. The number of carbonyl (C=O) groups is 1. The Morgan fingerprint density at radius 2 is 1.48 bits per heavy atom. The van der Waals surface area contributed by atoms with E-state index in [1.165, 1.54) is 33.4 Å². The van der Waals surface area contributed by atoms with Crippen LogP contribution in [0.4, 0.5) is 0 Å². The highest BCUT2D eigenvalue weighted by molar-refractivity contribution is 5.94. The van der Waals surface area contributed by atoms with E-state index < -0.39 is 0 Å². The second-order valence-electron chi connectivity index (χ2n) is 7.83. The van der Waals surface area contributed by atoms with Crippen LogP contribution in [0.2, 0.25) is 0 Å². The zero-order valence-corrected chi connectivity index (χ0v) is 17.1. The molecule has 3 aromatic rings. The van der Waals surface area contributed by atoms with E-state index >= 15 is 0 Å². The monoisotopic (exact) mass is 378 g/mol. The topological polar surface area (TPSA) is 17.1 Å².